The second-order valence-corrected chi connectivity index (χ2v) is 39.4. The van der Waals surface area contributed by atoms with Gasteiger partial charge in [-0.05, 0) is 75.4 Å². The third-order valence-electron chi connectivity index (χ3n) is 24.7. The van der Waals surface area contributed by atoms with Crippen molar-refractivity contribution in [2.45, 2.75) is 271 Å². The van der Waals surface area contributed by atoms with Crippen molar-refractivity contribution in [1.29, 1.82) is 0 Å². The molecular formula is C95H156N14O36S2. The Morgan fingerprint density at radius 3 is 1.12 bits per heavy atom. The zero-order valence-electron chi connectivity index (χ0n) is 85.2. The highest BCUT2D eigenvalue weighted by molar-refractivity contribution is 8.76. The number of aliphatic hydroxyl groups is 6. The number of fused-ring (bicyclic) bond motifs is 6. The highest BCUT2D eigenvalue weighted by atomic mass is 33.1. The van der Waals surface area contributed by atoms with E-state index in [0.717, 1.165) is 75.0 Å². The van der Waals surface area contributed by atoms with Gasteiger partial charge >= 0.3 is 0 Å². The van der Waals surface area contributed by atoms with E-state index in [1.54, 1.807) is 57.4 Å². The van der Waals surface area contributed by atoms with Crippen molar-refractivity contribution in [3.63, 3.8) is 0 Å². The van der Waals surface area contributed by atoms with Gasteiger partial charge in [0.25, 0.3) is 6.48 Å². The fourth-order valence-corrected chi connectivity index (χ4v) is 18.6. The summed E-state index contributed by atoms with van der Waals surface area (Å²) >= 11 is 0. The van der Waals surface area contributed by atoms with E-state index in [0.29, 0.717) is 194 Å². The SMILES string of the molecule is CC(=O)CCCCCCC(=O)CCCCCOC1OCC(CC(=O)CCCCCSSc2ccccn2)CO1.CNC(COCc1cn(CCOCCOCCOCCOC[C@@]23CO[C@@H](O2)[C@H](NC(C)=O)[C@@H](O)[C@H]3O)nn1)(COCc1cn(CCOCCOCCOCCOC[C@@]23CO[C@@H](O2)[C@H](NC(C)=O)[C@@H](O)[C@H]3O)nn1)COCc1cn(CCOCCOCCOCCOC[C@@]23CO[C@@H](O2)[C@H](NC(C)=O)[C@@H](O)[C@H]3O)nn1. The molecule has 7 aliphatic rings. The summed E-state index contributed by atoms with van der Waals surface area (Å²) in [5.41, 5.74) is -2.82. The molecule has 15 atom stereocenters. The van der Waals surface area contributed by atoms with Crippen molar-refractivity contribution in [1.82, 2.24) is 71.2 Å². The van der Waals surface area contributed by atoms with Crippen LogP contribution < -0.4 is 21.3 Å². The topological polar surface area (TPSA) is 598 Å². The number of unbranched alkanes of at least 4 members (excludes halogenated alkanes) is 7. The van der Waals surface area contributed by atoms with Crippen molar-refractivity contribution in [3.8, 4) is 0 Å². The maximum absolute atomic E-state index is 12.3. The second kappa shape index (κ2) is 68.6. The summed E-state index contributed by atoms with van der Waals surface area (Å²) in [6, 6.07) is 3.26. The van der Waals surface area contributed by atoms with Gasteiger partial charge in [-0.3, -0.25) is 24.0 Å². The van der Waals surface area contributed by atoms with Gasteiger partial charge in [0.1, 0.15) is 111 Å². The summed E-state index contributed by atoms with van der Waals surface area (Å²) in [4.78, 5) is 74.1. The Kier molecular flexibility index (Phi) is 57.0. The number of Topliss-reactive ketones (excluding diaryl/α,β-unsaturated/α-hetero) is 3. The van der Waals surface area contributed by atoms with Crippen LogP contribution in [0.1, 0.15) is 141 Å². The number of likely N-dealkylation sites (N-methyl/N-ethyl adjacent to an activating group) is 1. The number of amides is 3. The summed E-state index contributed by atoms with van der Waals surface area (Å²) < 4.78 is 143. The van der Waals surface area contributed by atoms with Crippen molar-refractivity contribution >= 4 is 56.7 Å². The molecular weight excluding hydrogens is 1980 g/mol. The van der Waals surface area contributed by atoms with Gasteiger partial charge in [0.2, 0.25) is 17.7 Å². The Hall–Kier alpha value is -6.55. The van der Waals surface area contributed by atoms with Crippen LogP contribution >= 0.6 is 21.6 Å². The van der Waals surface area contributed by atoms with Crippen molar-refractivity contribution in [2.75, 3.05) is 231 Å². The minimum Gasteiger partial charge on any atom is -0.388 e. The number of pyridine rings is 1. The maximum atomic E-state index is 12.3. The molecule has 11 rings (SSSR count). The Morgan fingerprint density at radius 1 is 0.415 bits per heavy atom. The minimum atomic E-state index is -1.33. The fourth-order valence-electron chi connectivity index (χ4n) is 16.6. The molecule has 0 spiro atoms. The number of ether oxygens (including phenoxy) is 24. The van der Waals surface area contributed by atoms with Crippen LogP contribution in [-0.2, 0) is 182 Å². The molecule has 10 N–H and O–H groups in total. The van der Waals surface area contributed by atoms with Gasteiger partial charge in [-0.15, -0.1) is 15.3 Å². The summed E-state index contributed by atoms with van der Waals surface area (Å²) in [6.45, 7) is 14.9. The molecule has 50 nitrogen and oxygen atoms in total. The smallest absolute Gasteiger partial charge is 0.271 e. The molecule has 0 radical (unpaired) electrons. The second-order valence-electron chi connectivity index (χ2n) is 37.0. The minimum absolute atomic E-state index is 0.00118. The Bertz CT molecular complexity index is 4010. The third-order valence-corrected chi connectivity index (χ3v) is 27.0. The van der Waals surface area contributed by atoms with E-state index >= 15 is 0 Å². The number of carbonyl (C=O) groups excluding carboxylic acids is 6. The summed E-state index contributed by atoms with van der Waals surface area (Å²) in [7, 11) is 5.31. The van der Waals surface area contributed by atoms with Gasteiger partial charge in [0.15, 0.2) is 18.9 Å². The largest absolute Gasteiger partial charge is 0.388 e. The molecule has 4 aromatic heterocycles. The average Bonchev–Trinajstić information content (AvgIpc) is 1.62. The monoisotopic (exact) mass is 2130 g/mol. The molecule has 7 saturated heterocycles. The molecule has 4 aromatic rings. The van der Waals surface area contributed by atoms with E-state index in [4.69, 9.17) is 114 Å². The lowest BCUT2D eigenvalue weighted by molar-refractivity contribution is -0.322. The number of rotatable bonds is 82. The molecule has 834 valence electrons. The molecule has 0 aliphatic carbocycles. The van der Waals surface area contributed by atoms with Gasteiger partial charge in [-0.25, -0.2) is 19.0 Å². The molecule has 52 heteroatoms. The molecule has 147 heavy (non-hydrogen) atoms. The fraction of sp³-hybridized carbons (Fsp3) is 0.821. The molecule has 6 bridgehead atoms. The number of carbonyl (C=O) groups is 6. The Morgan fingerprint density at radius 2 is 0.762 bits per heavy atom. The van der Waals surface area contributed by atoms with Crippen LogP contribution in [0.25, 0.3) is 0 Å². The van der Waals surface area contributed by atoms with Crippen LogP contribution in [0.2, 0.25) is 0 Å². The predicted octanol–water partition coefficient (Wildman–Crippen LogP) is -0.0121. The van der Waals surface area contributed by atoms with E-state index in [-0.39, 0.29) is 154 Å². The first-order valence-electron chi connectivity index (χ1n) is 50.8. The summed E-state index contributed by atoms with van der Waals surface area (Å²) in [5.74, 6) is 0.872. The first-order valence-corrected chi connectivity index (χ1v) is 53.1. The summed E-state index contributed by atoms with van der Waals surface area (Å²) in [6.07, 6.45) is 9.38. The molecule has 3 amide bonds. The molecule has 11 heterocycles. The van der Waals surface area contributed by atoms with Gasteiger partial charge in [0.05, 0.1) is 282 Å². The lowest BCUT2D eigenvalue weighted by Crippen LogP contribution is -2.66. The van der Waals surface area contributed by atoms with E-state index < -0.39 is 102 Å². The third kappa shape index (κ3) is 44.1. The van der Waals surface area contributed by atoms with Gasteiger partial charge < -0.3 is 170 Å². The van der Waals surface area contributed by atoms with Gasteiger partial charge in [0, 0.05) is 70.7 Å². The first-order chi connectivity index (χ1) is 71.4. The normalized spacial score (nSPS) is 25.1. The van der Waals surface area contributed by atoms with E-state index in [1.807, 2.05) is 35.2 Å². The zero-order valence-corrected chi connectivity index (χ0v) is 86.9. The van der Waals surface area contributed by atoms with Crippen LogP contribution in [0.15, 0.2) is 48.0 Å². The highest BCUT2D eigenvalue weighted by Gasteiger charge is 2.62. The lowest BCUT2D eigenvalue weighted by Gasteiger charge is -2.42. The van der Waals surface area contributed by atoms with Gasteiger partial charge in [-0.1, -0.05) is 58.2 Å². The standard InChI is InChI=1S/C65H109N13O30.C30H47NO6S2/c1-44(79)67-50-53(82)56(85)63(41-103-59(50)106-63)38-97-26-23-94-20-17-91-14-11-88-8-5-76-29-47(70-73-76)32-100-35-62(66-4,36-101-33-48-30-77(74-71-48)6-9-89-12-15-92-18-21-95-24-27-98-39-64-42-104-60(107-64)51(68-45(2)80)54(83)57(64)86)37-102-34-49-31-78(75-72-49)7-10-90-13-16-93-19-22-96-25-28-99-40-65-43-105-61(108-65)52(69-46(3)81)55(84)58(65)87;1-25(32)14-6-2-3-7-15-27(33)16-8-4-12-20-35-30-36-23-26(24-37-30)22-28(34)17-9-5-13-21-38-39-29-18-10-11-19-31-29/h29-31,50-61,66,82-87H,5-28,32-43H2,1-4H3,(H,67,79)(H,68,80)(H,69,81);10-11,18-19,26,30H,2-9,12-17,20-24H2,1H3/t50-,51-,52-,53-,54-,55-,56-,57-,58-,59+,60+,61+,63+,64+,65+;/m1./s1. The highest BCUT2D eigenvalue weighted by Crippen LogP contribution is 2.41. The Labute approximate surface area is 864 Å². The number of nitrogens with one attached hydrogen (secondary N) is 4. The van der Waals surface area contributed by atoms with E-state index in [9.17, 15) is 59.4 Å². The predicted molar refractivity (Wildman–Crippen MR) is 518 cm³/mol. The molecule has 0 unspecified atom stereocenters. The van der Waals surface area contributed by atoms with E-state index in [1.165, 1.54) is 20.8 Å². The number of hydrogen-bond donors (Lipinski definition) is 10. The van der Waals surface area contributed by atoms with E-state index in [2.05, 4.69) is 57.2 Å². The maximum Gasteiger partial charge on any atom is 0.271 e. The van der Waals surface area contributed by atoms with Crippen LogP contribution in [-0.4, -0.2) is 449 Å². The lowest BCUT2D eigenvalue weighted by atomic mass is 9.88. The number of ketones is 3. The zero-order chi connectivity index (χ0) is 105. The number of aromatic nitrogens is 10. The van der Waals surface area contributed by atoms with Gasteiger partial charge in [-0.2, -0.15) is 0 Å². The van der Waals surface area contributed by atoms with Crippen LogP contribution in [0.3, 0.4) is 0 Å². The molecule has 7 fully saturated rings. The first kappa shape index (κ1) is 122. The molecule has 7 aliphatic heterocycles. The number of hydrogen-bond acceptors (Lipinski definition) is 46. The van der Waals surface area contributed by atoms with Crippen molar-refractivity contribution < 1.29 is 173 Å². The molecule has 0 saturated carbocycles. The van der Waals surface area contributed by atoms with Crippen LogP contribution in [0.4, 0.5) is 0 Å². The average molecular weight is 2130 g/mol. The van der Waals surface area contributed by atoms with Crippen molar-refractivity contribution in [2.24, 2.45) is 5.92 Å². The molecule has 0 aromatic carbocycles. The van der Waals surface area contributed by atoms with Crippen LogP contribution in [0, 0.1) is 5.92 Å². The van der Waals surface area contributed by atoms with Crippen molar-refractivity contribution in [3.05, 3.63) is 60.1 Å². The Balaban J connectivity index is 0.000000474. The summed E-state index contributed by atoms with van der Waals surface area (Å²) in [5, 5.41) is 102. The number of aliphatic hydroxyl groups excluding tert-OH is 6. The quantitative estimate of drug-likeness (QED) is 0.0205. The number of nitrogens with zero attached hydrogens (tertiary/aromatic N) is 10. The van der Waals surface area contributed by atoms with Crippen LogP contribution in [0.5, 0.6) is 0 Å².